The first-order chi connectivity index (χ1) is 11.4. The normalized spacial score (nSPS) is 10.8. The molecule has 0 unspecified atom stereocenters. The van der Waals surface area contributed by atoms with E-state index in [1.807, 2.05) is 71.5 Å². The number of rotatable bonds is 3. The maximum Gasteiger partial charge on any atom is 0.119 e. The predicted molar refractivity (Wildman–Crippen MR) is 90.9 cm³/mol. The molecular weight excluding hydrogens is 286 g/mol. The largest absolute Gasteiger partial charge is 0.497 e. The van der Waals surface area contributed by atoms with Crippen LogP contribution in [0.1, 0.15) is 0 Å². The lowest BCUT2D eigenvalue weighted by Gasteiger charge is -2.03. The van der Waals surface area contributed by atoms with Gasteiger partial charge < -0.3 is 4.74 Å². The summed E-state index contributed by atoms with van der Waals surface area (Å²) < 4.78 is 7.33. The highest BCUT2D eigenvalue weighted by Crippen LogP contribution is 2.31. The second-order valence-corrected chi connectivity index (χ2v) is 5.22. The molecule has 0 aliphatic rings. The van der Waals surface area contributed by atoms with E-state index in [1.54, 1.807) is 13.3 Å². The van der Waals surface area contributed by atoms with Crippen molar-refractivity contribution in [3.63, 3.8) is 0 Å². The molecule has 0 bridgehead atoms. The highest BCUT2D eigenvalue weighted by atomic mass is 16.5. The molecule has 0 saturated carbocycles. The van der Waals surface area contributed by atoms with Crippen LogP contribution >= 0.6 is 0 Å². The number of hydrogen-bond donors (Lipinski definition) is 0. The molecule has 0 saturated heterocycles. The van der Waals surface area contributed by atoms with Crippen LogP contribution in [0.25, 0.3) is 27.8 Å². The van der Waals surface area contributed by atoms with E-state index in [4.69, 9.17) is 9.84 Å². The summed E-state index contributed by atoms with van der Waals surface area (Å²) in [6, 6.07) is 20.1. The number of nitrogens with zero attached hydrogens (tertiary/aromatic N) is 3. The molecule has 112 valence electrons. The molecule has 0 spiro atoms. The van der Waals surface area contributed by atoms with Gasteiger partial charge >= 0.3 is 0 Å². The Hall–Kier alpha value is -3.14. The van der Waals surface area contributed by atoms with Gasteiger partial charge in [-0.25, -0.2) is 4.68 Å². The second-order valence-electron chi connectivity index (χ2n) is 5.22. The fourth-order valence-electron chi connectivity index (χ4n) is 2.71. The average molecular weight is 301 g/mol. The molecule has 4 rings (SSSR count). The minimum atomic E-state index is 0.815. The van der Waals surface area contributed by atoms with Crippen LogP contribution in [0.4, 0.5) is 0 Å². The van der Waals surface area contributed by atoms with Crippen molar-refractivity contribution in [3.8, 4) is 22.7 Å². The van der Waals surface area contributed by atoms with Gasteiger partial charge in [0.05, 0.1) is 18.3 Å². The number of para-hydroxylation sites is 1. The van der Waals surface area contributed by atoms with Crippen molar-refractivity contribution >= 4 is 10.9 Å². The summed E-state index contributed by atoms with van der Waals surface area (Å²) in [6.45, 7) is 0. The summed E-state index contributed by atoms with van der Waals surface area (Å²) in [5.74, 6) is 0.815. The molecule has 0 aliphatic heterocycles. The number of ether oxygens (including phenoxy) is 1. The number of pyridine rings is 1. The summed E-state index contributed by atoms with van der Waals surface area (Å²) in [4.78, 5) is 4.21. The maximum atomic E-state index is 5.38. The Balaban J connectivity index is 2.02. The first-order valence-corrected chi connectivity index (χ1v) is 7.39. The average Bonchev–Trinajstić information content (AvgIpc) is 3.02. The molecule has 4 nitrogen and oxygen atoms in total. The molecule has 0 atom stereocenters. The van der Waals surface area contributed by atoms with Gasteiger partial charge in [0.15, 0.2) is 0 Å². The fraction of sp³-hybridized carbons (Fsp3) is 0.0526. The molecule has 0 amide bonds. The molecule has 4 heteroatoms. The molecule has 0 aliphatic carbocycles. The summed E-state index contributed by atoms with van der Waals surface area (Å²) >= 11 is 0. The zero-order chi connectivity index (χ0) is 15.6. The number of benzene rings is 2. The summed E-state index contributed by atoms with van der Waals surface area (Å²) in [7, 11) is 1.67. The van der Waals surface area contributed by atoms with Gasteiger partial charge in [0.25, 0.3) is 0 Å². The summed E-state index contributed by atoms with van der Waals surface area (Å²) in [5, 5.41) is 5.87. The molecular formula is C19H15N3O. The van der Waals surface area contributed by atoms with E-state index >= 15 is 0 Å². The highest BCUT2D eigenvalue weighted by molar-refractivity contribution is 5.95. The van der Waals surface area contributed by atoms with Gasteiger partial charge in [-0.1, -0.05) is 18.2 Å². The lowest BCUT2D eigenvalue weighted by Crippen LogP contribution is -1.95. The van der Waals surface area contributed by atoms with Crippen LogP contribution in [0.15, 0.2) is 73.1 Å². The lowest BCUT2D eigenvalue weighted by atomic mass is 10.1. The Morgan fingerprint density at radius 3 is 2.57 bits per heavy atom. The first-order valence-electron chi connectivity index (χ1n) is 7.39. The van der Waals surface area contributed by atoms with Gasteiger partial charge in [-0.05, 0) is 42.5 Å². The standard InChI is InChI=1S/C19H15N3O/c1-23-16-9-10-18-17(12-16)19(14-6-5-11-20-13-14)21-22(18)15-7-3-2-4-8-15/h2-13H,1H3. The van der Waals surface area contributed by atoms with E-state index in [0.717, 1.165) is 33.6 Å². The van der Waals surface area contributed by atoms with Crippen molar-refractivity contribution in [2.75, 3.05) is 7.11 Å². The highest BCUT2D eigenvalue weighted by Gasteiger charge is 2.14. The van der Waals surface area contributed by atoms with Gasteiger partial charge in [-0.2, -0.15) is 5.10 Å². The fourth-order valence-corrected chi connectivity index (χ4v) is 2.71. The Morgan fingerprint density at radius 2 is 1.83 bits per heavy atom. The molecule has 0 radical (unpaired) electrons. The van der Waals surface area contributed by atoms with Crippen molar-refractivity contribution in [1.82, 2.24) is 14.8 Å². The number of hydrogen-bond acceptors (Lipinski definition) is 3. The summed E-state index contributed by atoms with van der Waals surface area (Å²) in [5.41, 5.74) is 3.95. The van der Waals surface area contributed by atoms with Crippen LogP contribution in [0, 0.1) is 0 Å². The monoisotopic (exact) mass is 301 g/mol. The maximum absolute atomic E-state index is 5.38. The van der Waals surface area contributed by atoms with Crippen LogP contribution < -0.4 is 4.74 Å². The van der Waals surface area contributed by atoms with Crippen molar-refractivity contribution in [1.29, 1.82) is 0 Å². The zero-order valence-electron chi connectivity index (χ0n) is 12.7. The van der Waals surface area contributed by atoms with Crippen molar-refractivity contribution in [2.45, 2.75) is 0 Å². The van der Waals surface area contributed by atoms with E-state index in [2.05, 4.69) is 4.98 Å². The Labute approximate surface area is 134 Å². The number of aromatic nitrogens is 3. The minimum Gasteiger partial charge on any atom is -0.497 e. The van der Waals surface area contributed by atoms with Crippen molar-refractivity contribution in [3.05, 3.63) is 73.1 Å². The lowest BCUT2D eigenvalue weighted by molar-refractivity contribution is 0.415. The molecule has 2 heterocycles. The topological polar surface area (TPSA) is 39.9 Å². The van der Waals surface area contributed by atoms with Crippen LogP contribution in [0.3, 0.4) is 0 Å². The van der Waals surface area contributed by atoms with Crippen molar-refractivity contribution in [2.24, 2.45) is 0 Å². The van der Waals surface area contributed by atoms with Gasteiger partial charge in [-0.3, -0.25) is 4.98 Å². The second kappa shape index (κ2) is 5.57. The summed E-state index contributed by atoms with van der Waals surface area (Å²) in [6.07, 6.45) is 3.59. The number of fused-ring (bicyclic) bond motifs is 1. The first kappa shape index (κ1) is 13.5. The van der Waals surface area contributed by atoms with Gasteiger partial charge in [0.1, 0.15) is 11.4 Å². The minimum absolute atomic E-state index is 0.815. The third kappa shape index (κ3) is 2.34. The Morgan fingerprint density at radius 1 is 0.957 bits per heavy atom. The van der Waals surface area contributed by atoms with E-state index in [-0.39, 0.29) is 0 Å². The van der Waals surface area contributed by atoms with E-state index in [1.165, 1.54) is 0 Å². The SMILES string of the molecule is COc1ccc2c(c1)c(-c1cccnc1)nn2-c1ccccc1. The quantitative estimate of drug-likeness (QED) is 0.572. The Kier molecular flexibility index (Phi) is 3.27. The predicted octanol–water partition coefficient (Wildman–Crippen LogP) is 4.10. The Bertz CT molecular complexity index is 946. The third-order valence-corrected chi connectivity index (χ3v) is 3.82. The van der Waals surface area contributed by atoms with Crippen LogP contribution in [-0.4, -0.2) is 21.9 Å². The van der Waals surface area contributed by atoms with Gasteiger partial charge in [-0.15, -0.1) is 0 Å². The molecule has 2 aromatic carbocycles. The molecule has 23 heavy (non-hydrogen) atoms. The van der Waals surface area contributed by atoms with Crippen LogP contribution in [-0.2, 0) is 0 Å². The van der Waals surface area contributed by atoms with E-state index < -0.39 is 0 Å². The van der Waals surface area contributed by atoms with Crippen LogP contribution in [0.5, 0.6) is 5.75 Å². The zero-order valence-corrected chi connectivity index (χ0v) is 12.7. The third-order valence-electron chi connectivity index (χ3n) is 3.82. The molecule has 0 N–H and O–H groups in total. The molecule has 2 aromatic heterocycles. The van der Waals surface area contributed by atoms with Gasteiger partial charge in [0.2, 0.25) is 0 Å². The molecule has 4 aromatic rings. The van der Waals surface area contributed by atoms with E-state index in [0.29, 0.717) is 0 Å². The van der Waals surface area contributed by atoms with Crippen molar-refractivity contribution < 1.29 is 4.74 Å². The smallest absolute Gasteiger partial charge is 0.119 e. The van der Waals surface area contributed by atoms with Crippen LogP contribution in [0.2, 0.25) is 0 Å². The van der Waals surface area contributed by atoms with E-state index in [9.17, 15) is 0 Å². The molecule has 0 fully saturated rings. The number of methoxy groups -OCH3 is 1. The van der Waals surface area contributed by atoms with Gasteiger partial charge in [0, 0.05) is 23.3 Å².